The fraction of sp³-hybridized carbons (Fsp3) is 0.227. The van der Waals surface area contributed by atoms with Crippen LogP contribution in [-0.2, 0) is 0 Å². The topological polar surface area (TPSA) is 84.1 Å². The van der Waals surface area contributed by atoms with E-state index in [1.54, 1.807) is 30.5 Å². The first kappa shape index (κ1) is 18.0. The smallest absolute Gasteiger partial charge is 0.248 e. The number of carbonyl (C=O) groups excluding carboxylic acids is 1. The molecule has 1 saturated heterocycles. The molecule has 4 rings (SSSR count). The first-order valence-corrected chi connectivity index (χ1v) is 9.54. The Kier molecular flexibility index (Phi) is 5.19. The van der Waals surface area contributed by atoms with Crippen LogP contribution >= 0.6 is 0 Å². The van der Waals surface area contributed by atoms with Crippen molar-refractivity contribution in [1.82, 2.24) is 9.97 Å². The maximum Gasteiger partial charge on any atom is 0.248 e. The van der Waals surface area contributed by atoms with Gasteiger partial charge in [0.1, 0.15) is 0 Å². The predicted molar refractivity (Wildman–Crippen MR) is 112 cm³/mol. The van der Waals surface area contributed by atoms with Crippen LogP contribution in [0.2, 0.25) is 0 Å². The molecule has 142 valence electrons. The van der Waals surface area contributed by atoms with Crippen molar-refractivity contribution < 1.29 is 4.79 Å². The first-order chi connectivity index (χ1) is 13.7. The predicted octanol–water partition coefficient (Wildman–Crippen LogP) is 3.98. The highest BCUT2D eigenvalue weighted by atomic mass is 16.1. The second kappa shape index (κ2) is 8.08. The zero-order valence-electron chi connectivity index (χ0n) is 15.6. The standard InChI is InChI=1S/C22H23N5O/c23-21(28)17-4-8-18(9-5-17)25-22-24-13-12-20(26-22)16-6-10-19(11-7-16)27-14-2-1-3-15-27/h4-13H,1-3,14-15H2,(H2,23,28)(H,24,25,26). The van der Waals surface area contributed by atoms with Gasteiger partial charge in [0, 0.05) is 41.8 Å². The summed E-state index contributed by atoms with van der Waals surface area (Å²) in [5.41, 5.74) is 9.71. The molecule has 3 aromatic rings. The number of nitrogens with one attached hydrogen (secondary N) is 1. The number of nitrogens with zero attached hydrogens (tertiary/aromatic N) is 3. The Labute approximate surface area is 164 Å². The van der Waals surface area contributed by atoms with E-state index in [9.17, 15) is 4.79 Å². The molecule has 2 heterocycles. The fourth-order valence-electron chi connectivity index (χ4n) is 3.42. The third-order valence-electron chi connectivity index (χ3n) is 4.97. The number of hydrogen-bond donors (Lipinski definition) is 2. The van der Waals surface area contributed by atoms with Gasteiger partial charge in [0.2, 0.25) is 11.9 Å². The Morgan fingerprint density at radius 3 is 2.32 bits per heavy atom. The van der Waals surface area contributed by atoms with Crippen molar-refractivity contribution >= 4 is 23.2 Å². The van der Waals surface area contributed by atoms with Gasteiger partial charge in [-0.1, -0.05) is 12.1 Å². The minimum absolute atomic E-state index is 0.446. The van der Waals surface area contributed by atoms with E-state index < -0.39 is 5.91 Å². The number of hydrogen-bond acceptors (Lipinski definition) is 5. The van der Waals surface area contributed by atoms with Gasteiger partial charge < -0.3 is 16.0 Å². The molecule has 0 unspecified atom stereocenters. The van der Waals surface area contributed by atoms with E-state index in [0.29, 0.717) is 11.5 Å². The molecule has 0 spiro atoms. The molecule has 0 aliphatic carbocycles. The molecule has 0 bridgehead atoms. The van der Waals surface area contributed by atoms with E-state index in [1.165, 1.54) is 24.9 Å². The Morgan fingerprint density at radius 1 is 0.929 bits per heavy atom. The summed E-state index contributed by atoms with van der Waals surface area (Å²) in [5, 5.41) is 3.16. The molecule has 0 saturated carbocycles. The van der Waals surface area contributed by atoms with Crippen LogP contribution in [0.4, 0.5) is 17.3 Å². The molecular weight excluding hydrogens is 350 g/mol. The molecule has 6 heteroatoms. The van der Waals surface area contributed by atoms with Gasteiger partial charge in [0.25, 0.3) is 0 Å². The maximum absolute atomic E-state index is 11.2. The summed E-state index contributed by atoms with van der Waals surface area (Å²) in [6, 6.07) is 17.4. The maximum atomic E-state index is 11.2. The second-order valence-electron chi connectivity index (χ2n) is 6.93. The van der Waals surface area contributed by atoms with Gasteiger partial charge in [-0.3, -0.25) is 4.79 Å². The van der Waals surface area contributed by atoms with Crippen LogP contribution < -0.4 is 16.0 Å². The third kappa shape index (κ3) is 4.11. The quantitative estimate of drug-likeness (QED) is 0.707. The van der Waals surface area contributed by atoms with Gasteiger partial charge >= 0.3 is 0 Å². The Morgan fingerprint density at radius 2 is 1.64 bits per heavy atom. The summed E-state index contributed by atoms with van der Waals surface area (Å²) in [5.74, 6) is 0.0576. The van der Waals surface area contributed by atoms with Crippen LogP contribution in [0.25, 0.3) is 11.3 Å². The largest absolute Gasteiger partial charge is 0.372 e. The summed E-state index contributed by atoms with van der Waals surface area (Å²) < 4.78 is 0. The SMILES string of the molecule is NC(=O)c1ccc(Nc2nccc(-c3ccc(N4CCCCC4)cc3)n2)cc1. The van der Waals surface area contributed by atoms with Crippen LogP contribution in [0.3, 0.4) is 0 Å². The number of carbonyl (C=O) groups is 1. The van der Waals surface area contributed by atoms with Gasteiger partial charge in [-0.05, 0) is 61.7 Å². The van der Waals surface area contributed by atoms with Crippen molar-refractivity contribution in [2.75, 3.05) is 23.3 Å². The lowest BCUT2D eigenvalue weighted by Gasteiger charge is -2.28. The van der Waals surface area contributed by atoms with Gasteiger partial charge in [-0.25, -0.2) is 9.97 Å². The van der Waals surface area contributed by atoms with Crippen molar-refractivity contribution in [1.29, 1.82) is 0 Å². The average Bonchev–Trinajstić information content (AvgIpc) is 2.75. The van der Waals surface area contributed by atoms with Crippen molar-refractivity contribution in [2.45, 2.75) is 19.3 Å². The number of amides is 1. The number of piperidine rings is 1. The summed E-state index contributed by atoms with van der Waals surface area (Å²) >= 11 is 0. The lowest BCUT2D eigenvalue weighted by molar-refractivity contribution is 0.100. The van der Waals surface area contributed by atoms with E-state index in [1.807, 2.05) is 6.07 Å². The number of anilines is 3. The van der Waals surface area contributed by atoms with Crippen LogP contribution in [-0.4, -0.2) is 29.0 Å². The molecule has 1 aliphatic heterocycles. The van der Waals surface area contributed by atoms with Crippen molar-refractivity contribution in [3.8, 4) is 11.3 Å². The molecule has 3 N–H and O–H groups in total. The highest BCUT2D eigenvalue weighted by molar-refractivity contribution is 5.93. The molecule has 6 nitrogen and oxygen atoms in total. The van der Waals surface area contributed by atoms with E-state index in [2.05, 4.69) is 44.5 Å². The number of aromatic nitrogens is 2. The Bertz CT molecular complexity index is 947. The lowest BCUT2D eigenvalue weighted by atomic mass is 10.1. The van der Waals surface area contributed by atoms with E-state index in [4.69, 9.17) is 5.73 Å². The number of benzene rings is 2. The fourth-order valence-corrected chi connectivity index (χ4v) is 3.42. The average molecular weight is 373 g/mol. The first-order valence-electron chi connectivity index (χ1n) is 9.54. The summed E-state index contributed by atoms with van der Waals surface area (Å²) in [7, 11) is 0. The van der Waals surface area contributed by atoms with Crippen molar-refractivity contribution in [3.63, 3.8) is 0 Å². The van der Waals surface area contributed by atoms with Crippen LogP contribution in [0.5, 0.6) is 0 Å². The minimum atomic E-state index is -0.446. The zero-order chi connectivity index (χ0) is 19.3. The minimum Gasteiger partial charge on any atom is -0.372 e. The number of nitrogens with two attached hydrogens (primary N) is 1. The lowest BCUT2D eigenvalue weighted by Crippen LogP contribution is -2.29. The Balaban J connectivity index is 1.49. The summed E-state index contributed by atoms with van der Waals surface area (Å²) in [6.07, 6.45) is 5.60. The second-order valence-corrected chi connectivity index (χ2v) is 6.93. The van der Waals surface area contributed by atoms with Crippen LogP contribution in [0, 0.1) is 0 Å². The molecule has 28 heavy (non-hydrogen) atoms. The highest BCUT2D eigenvalue weighted by Crippen LogP contribution is 2.25. The molecule has 1 fully saturated rings. The monoisotopic (exact) mass is 373 g/mol. The molecule has 2 aromatic carbocycles. The molecule has 0 radical (unpaired) electrons. The zero-order valence-corrected chi connectivity index (χ0v) is 15.6. The van der Waals surface area contributed by atoms with Gasteiger partial charge in [-0.2, -0.15) is 0 Å². The normalized spacial score (nSPS) is 13.9. The highest BCUT2D eigenvalue weighted by Gasteiger charge is 2.11. The molecule has 0 atom stereocenters. The number of rotatable bonds is 5. The van der Waals surface area contributed by atoms with Gasteiger partial charge in [0.15, 0.2) is 0 Å². The molecule has 1 aromatic heterocycles. The molecular formula is C22H23N5O. The van der Waals surface area contributed by atoms with Crippen molar-refractivity contribution in [2.24, 2.45) is 5.73 Å². The van der Waals surface area contributed by atoms with Gasteiger partial charge in [-0.15, -0.1) is 0 Å². The summed E-state index contributed by atoms with van der Waals surface area (Å²) in [4.78, 5) is 22.5. The van der Waals surface area contributed by atoms with Crippen molar-refractivity contribution in [3.05, 3.63) is 66.4 Å². The van der Waals surface area contributed by atoms with E-state index in [0.717, 1.165) is 30.0 Å². The van der Waals surface area contributed by atoms with Crippen LogP contribution in [0.15, 0.2) is 60.8 Å². The molecule has 1 amide bonds. The van der Waals surface area contributed by atoms with Gasteiger partial charge in [0.05, 0.1) is 5.69 Å². The van der Waals surface area contributed by atoms with E-state index in [-0.39, 0.29) is 0 Å². The Hall–Kier alpha value is -3.41. The van der Waals surface area contributed by atoms with E-state index >= 15 is 0 Å². The number of primary amides is 1. The third-order valence-corrected chi connectivity index (χ3v) is 4.97. The summed E-state index contributed by atoms with van der Waals surface area (Å²) in [6.45, 7) is 2.27. The van der Waals surface area contributed by atoms with Crippen LogP contribution in [0.1, 0.15) is 29.6 Å². The molecule has 1 aliphatic rings.